The van der Waals surface area contributed by atoms with Crippen LogP contribution in [-0.2, 0) is 17.9 Å². The van der Waals surface area contributed by atoms with Crippen LogP contribution >= 0.6 is 0 Å². The number of aryl methyl sites for hydroxylation is 2. The summed E-state index contributed by atoms with van der Waals surface area (Å²) in [7, 11) is 0. The summed E-state index contributed by atoms with van der Waals surface area (Å²) in [6.07, 6.45) is 4.41. The molecule has 27 heavy (non-hydrogen) atoms. The summed E-state index contributed by atoms with van der Waals surface area (Å²) < 4.78 is 56.4. The molecule has 0 saturated heterocycles. The van der Waals surface area contributed by atoms with E-state index in [-0.39, 0.29) is 18.4 Å². The standard InChI is InChI=1S/C17H15F4N5O/c1-10-2-4-22-26(10)5-3-15(27)24-11-7-23-25(8-11)9-12-13(18)6-14(19)17(21)16(12)20/h2,4,6-8H,3,5,9H2,1H3,(H,24,27). The SMILES string of the molecule is Cc1ccnn1CCC(=O)Nc1cnn(Cc2c(F)cc(F)c(F)c2F)c1. The zero-order chi connectivity index (χ0) is 19.6. The minimum absolute atomic E-state index is 0.167. The molecule has 1 amide bonds. The summed E-state index contributed by atoms with van der Waals surface area (Å²) in [6, 6.07) is 2.09. The average molecular weight is 381 g/mol. The third-order valence-corrected chi connectivity index (χ3v) is 3.93. The number of carbonyl (C=O) groups excluding carboxylic acids is 1. The van der Waals surface area contributed by atoms with Gasteiger partial charge in [-0.3, -0.25) is 14.2 Å². The molecule has 0 bridgehead atoms. The van der Waals surface area contributed by atoms with Gasteiger partial charge in [0, 0.05) is 42.7 Å². The highest BCUT2D eigenvalue weighted by atomic mass is 19.2. The van der Waals surface area contributed by atoms with Crippen molar-refractivity contribution in [2.75, 3.05) is 5.32 Å². The summed E-state index contributed by atoms with van der Waals surface area (Å²) in [5.41, 5.74) is 0.566. The molecule has 0 spiro atoms. The Kier molecular flexibility index (Phi) is 5.24. The molecule has 1 N–H and O–H groups in total. The number of anilines is 1. The Hall–Kier alpha value is -3.17. The topological polar surface area (TPSA) is 64.7 Å². The fourth-order valence-electron chi connectivity index (χ4n) is 2.49. The van der Waals surface area contributed by atoms with E-state index in [2.05, 4.69) is 15.5 Å². The first kappa shape index (κ1) is 18.6. The van der Waals surface area contributed by atoms with E-state index in [1.807, 2.05) is 13.0 Å². The van der Waals surface area contributed by atoms with Crippen LogP contribution < -0.4 is 5.32 Å². The van der Waals surface area contributed by atoms with Gasteiger partial charge in [-0.15, -0.1) is 0 Å². The molecule has 0 fully saturated rings. The molecule has 6 nitrogen and oxygen atoms in total. The van der Waals surface area contributed by atoms with Gasteiger partial charge in [0.15, 0.2) is 17.5 Å². The lowest BCUT2D eigenvalue weighted by Gasteiger charge is -2.07. The third kappa shape index (κ3) is 4.15. The van der Waals surface area contributed by atoms with Crippen LogP contribution in [-0.4, -0.2) is 25.5 Å². The maximum absolute atomic E-state index is 13.7. The van der Waals surface area contributed by atoms with Gasteiger partial charge >= 0.3 is 0 Å². The highest BCUT2D eigenvalue weighted by Crippen LogP contribution is 2.20. The van der Waals surface area contributed by atoms with Crippen molar-refractivity contribution in [1.29, 1.82) is 0 Å². The van der Waals surface area contributed by atoms with Crippen molar-refractivity contribution < 1.29 is 22.4 Å². The van der Waals surface area contributed by atoms with Crippen molar-refractivity contribution in [2.24, 2.45) is 0 Å². The molecule has 0 aliphatic carbocycles. The molecule has 10 heteroatoms. The van der Waals surface area contributed by atoms with E-state index >= 15 is 0 Å². The zero-order valence-electron chi connectivity index (χ0n) is 14.2. The van der Waals surface area contributed by atoms with Crippen molar-refractivity contribution in [3.63, 3.8) is 0 Å². The second kappa shape index (κ2) is 7.60. The highest BCUT2D eigenvalue weighted by molar-refractivity contribution is 5.90. The molecule has 0 aliphatic heterocycles. The Morgan fingerprint density at radius 2 is 1.93 bits per heavy atom. The van der Waals surface area contributed by atoms with E-state index in [9.17, 15) is 22.4 Å². The Bertz CT molecular complexity index is 982. The number of carbonyl (C=O) groups is 1. The van der Waals surface area contributed by atoms with E-state index < -0.39 is 35.4 Å². The molecular weight excluding hydrogens is 366 g/mol. The van der Waals surface area contributed by atoms with Crippen molar-refractivity contribution in [2.45, 2.75) is 26.4 Å². The van der Waals surface area contributed by atoms with Crippen LogP contribution in [0.2, 0.25) is 0 Å². The van der Waals surface area contributed by atoms with E-state index in [4.69, 9.17) is 0 Å². The van der Waals surface area contributed by atoms with Crippen LogP contribution in [0.3, 0.4) is 0 Å². The van der Waals surface area contributed by atoms with Crippen LogP contribution in [0, 0.1) is 30.2 Å². The largest absolute Gasteiger partial charge is 0.323 e. The molecule has 2 aromatic heterocycles. The van der Waals surface area contributed by atoms with Crippen LogP contribution in [0.5, 0.6) is 0 Å². The first-order chi connectivity index (χ1) is 12.8. The molecule has 0 unspecified atom stereocenters. The zero-order valence-corrected chi connectivity index (χ0v) is 14.2. The fraction of sp³-hybridized carbons (Fsp3) is 0.235. The first-order valence-corrected chi connectivity index (χ1v) is 7.97. The van der Waals surface area contributed by atoms with Gasteiger partial charge in [-0.05, 0) is 13.0 Å². The Morgan fingerprint density at radius 1 is 1.15 bits per heavy atom. The van der Waals surface area contributed by atoms with Gasteiger partial charge in [0.1, 0.15) is 5.82 Å². The van der Waals surface area contributed by atoms with Crippen LogP contribution in [0.1, 0.15) is 17.7 Å². The van der Waals surface area contributed by atoms with Crippen LogP contribution in [0.4, 0.5) is 23.2 Å². The molecule has 1 aromatic carbocycles. The minimum atomic E-state index is -1.75. The second-order valence-electron chi connectivity index (χ2n) is 5.87. The maximum Gasteiger partial charge on any atom is 0.226 e. The number of nitrogens with zero attached hydrogens (tertiary/aromatic N) is 4. The Balaban J connectivity index is 1.63. The average Bonchev–Trinajstić information content (AvgIpc) is 3.23. The summed E-state index contributed by atoms with van der Waals surface area (Å²) in [4.78, 5) is 12.0. The van der Waals surface area contributed by atoms with E-state index in [1.165, 1.54) is 12.4 Å². The maximum atomic E-state index is 13.7. The quantitative estimate of drug-likeness (QED) is 0.406. The first-order valence-electron chi connectivity index (χ1n) is 7.97. The molecule has 0 aliphatic rings. The summed E-state index contributed by atoms with van der Waals surface area (Å²) >= 11 is 0. The van der Waals surface area contributed by atoms with Crippen molar-refractivity contribution in [1.82, 2.24) is 19.6 Å². The normalized spacial score (nSPS) is 11.0. The lowest BCUT2D eigenvalue weighted by atomic mass is 10.2. The second-order valence-corrected chi connectivity index (χ2v) is 5.87. The molecule has 3 aromatic rings. The van der Waals surface area contributed by atoms with Crippen LogP contribution in [0.25, 0.3) is 0 Å². The number of aromatic nitrogens is 4. The molecule has 0 atom stereocenters. The molecule has 3 rings (SSSR count). The van der Waals surface area contributed by atoms with E-state index in [0.29, 0.717) is 12.2 Å². The molecule has 0 saturated carbocycles. The number of halogens is 4. The van der Waals surface area contributed by atoms with Gasteiger partial charge < -0.3 is 5.32 Å². The van der Waals surface area contributed by atoms with Gasteiger partial charge in [-0.2, -0.15) is 10.2 Å². The van der Waals surface area contributed by atoms with Crippen molar-refractivity contribution >= 4 is 11.6 Å². The predicted molar refractivity (Wildman–Crippen MR) is 87.8 cm³/mol. The fourth-order valence-corrected chi connectivity index (χ4v) is 2.49. The van der Waals surface area contributed by atoms with Gasteiger partial charge in [-0.1, -0.05) is 0 Å². The third-order valence-electron chi connectivity index (χ3n) is 3.93. The Labute approximate surface area is 151 Å². The number of benzene rings is 1. The molecular formula is C17H15F4N5O. The summed E-state index contributed by atoms with van der Waals surface area (Å²) in [5, 5.41) is 10.5. The van der Waals surface area contributed by atoms with Crippen LogP contribution in [0.15, 0.2) is 30.7 Å². The number of rotatable bonds is 6. The monoisotopic (exact) mass is 381 g/mol. The van der Waals surface area contributed by atoms with Crippen molar-refractivity contribution in [3.8, 4) is 0 Å². The van der Waals surface area contributed by atoms with E-state index in [1.54, 1.807) is 10.9 Å². The minimum Gasteiger partial charge on any atom is -0.323 e. The van der Waals surface area contributed by atoms with Crippen molar-refractivity contribution in [3.05, 3.63) is 65.2 Å². The van der Waals surface area contributed by atoms with Gasteiger partial charge in [0.05, 0.1) is 18.4 Å². The van der Waals surface area contributed by atoms with Gasteiger partial charge in [0.25, 0.3) is 0 Å². The smallest absolute Gasteiger partial charge is 0.226 e. The number of amides is 1. The highest BCUT2D eigenvalue weighted by Gasteiger charge is 2.19. The van der Waals surface area contributed by atoms with Gasteiger partial charge in [0.2, 0.25) is 5.91 Å². The van der Waals surface area contributed by atoms with E-state index in [0.717, 1.165) is 10.4 Å². The lowest BCUT2D eigenvalue weighted by Crippen LogP contribution is -2.15. The molecule has 142 valence electrons. The summed E-state index contributed by atoms with van der Waals surface area (Å²) in [5.74, 6) is -6.48. The molecule has 0 radical (unpaired) electrons. The molecule has 2 heterocycles. The van der Waals surface area contributed by atoms with Gasteiger partial charge in [-0.25, -0.2) is 17.6 Å². The Morgan fingerprint density at radius 3 is 2.63 bits per heavy atom. The predicted octanol–water partition coefficient (Wildman–Crippen LogP) is 3.02. The lowest BCUT2D eigenvalue weighted by molar-refractivity contribution is -0.116. The number of hydrogen-bond acceptors (Lipinski definition) is 3. The summed E-state index contributed by atoms with van der Waals surface area (Å²) in [6.45, 7) is 1.80. The number of hydrogen-bond donors (Lipinski definition) is 1. The number of nitrogens with one attached hydrogen (secondary N) is 1.